The molecule has 2 aromatic carbocycles. The largest absolute Gasteiger partial charge is 0.395 e. The average Bonchev–Trinajstić information content (AvgIpc) is 3.17. The molecule has 0 spiro atoms. The minimum absolute atomic E-state index is 0.0199. The molecule has 1 aromatic heterocycles. The van der Waals surface area contributed by atoms with Crippen molar-refractivity contribution >= 4 is 34.5 Å². The van der Waals surface area contributed by atoms with Crippen LogP contribution in [0.1, 0.15) is 26.4 Å². The van der Waals surface area contributed by atoms with Crippen molar-refractivity contribution in [3.63, 3.8) is 0 Å². The summed E-state index contributed by atoms with van der Waals surface area (Å²) in [5.74, 6) is -0.789. The van der Waals surface area contributed by atoms with Crippen LogP contribution in [-0.4, -0.2) is 46.2 Å². The Morgan fingerprint density at radius 3 is 2.62 bits per heavy atom. The normalized spacial score (nSPS) is 13.8. The summed E-state index contributed by atoms with van der Waals surface area (Å²) in [6.07, 6.45) is 3.45. The molecule has 0 bridgehead atoms. The lowest BCUT2D eigenvalue weighted by Gasteiger charge is -2.27. The fourth-order valence-corrected chi connectivity index (χ4v) is 3.14. The SMILES string of the molecule is O=C1c2cccc3c(N/N=C/c4ccc[nH]4)ccc(c23)C(=O)N1CCO. The maximum atomic E-state index is 12.6. The number of nitrogens with one attached hydrogen (secondary N) is 2. The van der Waals surface area contributed by atoms with Crippen LogP contribution in [0.25, 0.3) is 10.8 Å². The fourth-order valence-electron chi connectivity index (χ4n) is 3.14. The molecule has 3 aromatic rings. The second-order valence-corrected chi connectivity index (χ2v) is 5.87. The molecule has 2 amide bonds. The van der Waals surface area contributed by atoms with Crippen LogP contribution in [0.5, 0.6) is 0 Å². The monoisotopic (exact) mass is 348 g/mol. The first-order valence-corrected chi connectivity index (χ1v) is 8.16. The number of amides is 2. The molecular weight excluding hydrogens is 332 g/mol. The summed E-state index contributed by atoms with van der Waals surface area (Å²) >= 11 is 0. The Balaban J connectivity index is 1.77. The number of benzene rings is 2. The molecule has 3 N–H and O–H groups in total. The number of H-pyrrole nitrogens is 1. The topological polar surface area (TPSA) is 97.8 Å². The van der Waals surface area contributed by atoms with E-state index in [-0.39, 0.29) is 13.2 Å². The molecule has 0 radical (unpaired) electrons. The molecule has 0 aliphatic carbocycles. The first-order chi connectivity index (χ1) is 12.7. The summed E-state index contributed by atoms with van der Waals surface area (Å²) in [4.78, 5) is 29.3. The van der Waals surface area contributed by atoms with E-state index in [1.165, 1.54) is 0 Å². The molecule has 130 valence electrons. The maximum absolute atomic E-state index is 12.6. The number of anilines is 1. The fraction of sp³-hybridized carbons (Fsp3) is 0.105. The van der Waals surface area contributed by atoms with Crippen LogP contribution in [0.3, 0.4) is 0 Å². The molecule has 7 heteroatoms. The summed E-state index contributed by atoms with van der Waals surface area (Å²) in [6.45, 7) is -0.288. The zero-order valence-corrected chi connectivity index (χ0v) is 13.8. The smallest absolute Gasteiger partial charge is 0.261 e. The highest BCUT2D eigenvalue weighted by molar-refractivity contribution is 6.26. The third-order valence-corrected chi connectivity index (χ3v) is 4.33. The van der Waals surface area contributed by atoms with Gasteiger partial charge in [-0.25, -0.2) is 0 Å². The van der Waals surface area contributed by atoms with Crippen LogP contribution in [0, 0.1) is 0 Å². The number of hydrogen-bond donors (Lipinski definition) is 3. The number of hydrazone groups is 1. The average molecular weight is 348 g/mol. The van der Waals surface area contributed by atoms with Crippen LogP contribution in [0.4, 0.5) is 5.69 Å². The molecule has 0 saturated carbocycles. The number of carbonyl (C=O) groups is 2. The van der Waals surface area contributed by atoms with Crippen LogP contribution in [-0.2, 0) is 0 Å². The van der Waals surface area contributed by atoms with Crippen LogP contribution < -0.4 is 5.43 Å². The molecule has 2 heterocycles. The van der Waals surface area contributed by atoms with Gasteiger partial charge in [0.05, 0.1) is 30.7 Å². The Morgan fingerprint density at radius 2 is 1.88 bits per heavy atom. The van der Waals surface area contributed by atoms with E-state index in [0.717, 1.165) is 16.0 Å². The van der Waals surface area contributed by atoms with Crippen molar-refractivity contribution in [3.8, 4) is 0 Å². The van der Waals surface area contributed by atoms with Gasteiger partial charge in [-0.05, 0) is 30.3 Å². The van der Waals surface area contributed by atoms with Crippen LogP contribution in [0.2, 0.25) is 0 Å². The number of hydrogen-bond acceptors (Lipinski definition) is 5. The predicted molar refractivity (Wildman–Crippen MR) is 98.4 cm³/mol. The molecule has 0 atom stereocenters. The van der Waals surface area contributed by atoms with Crippen LogP contribution in [0.15, 0.2) is 53.8 Å². The third kappa shape index (κ3) is 2.55. The van der Waals surface area contributed by atoms with E-state index in [1.54, 1.807) is 36.7 Å². The van der Waals surface area contributed by atoms with Crippen molar-refractivity contribution in [2.75, 3.05) is 18.6 Å². The number of aromatic nitrogens is 1. The molecule has 0 unspecified atom stereocenters. The maximum Gasteiger partial charge on any atom is 0.261 e. The van der Waals surface area contributed by atoms with E-state index in [4.69, 9.17) is 5.11 Å². The summed E-state index contributed by atoms with van der Waals surface area (Å²) in [7, 11) is 0. The molecule has 4 rings (SSSR count). The first kappa shape index (κ1) is 16.0. The quantitative estimate of drug-likeness (QED) is 0.374. The van der Waals surface area contributed by atoms with Gasteiger partial charge < -0.3 is 10.1 Å². The number of imide groups is 1. The molecule has 1 aliphatic heterocycles. The summed E-state index contributed by atoms with van der Waals surface area (Å²) in [5.41, 5.74) is 5.41. The van der Waals surface area contributed by atoms with Gasteiger partial charge in [-0.3, -0.25) is 19.9 Å². The molecule has 0 saturated heterocycles. The lowest BCUT2D eigenvalue weighted by molar-refractivity contribution is 0.0580. The number of rotatable bonds is 5. The molecule has 26 heavy (non-hydrogen) atoms. The van der Waals surface area contributed by atoms with E-state index in [0.29, 0.717) is 22.2 Å². The van der Waals surface area contributed by atoms with Gasteiger partial charge in [-0.1, -0.05) is 12.1 Å². The number of carbonyl (C=O) groups excluding carboxylic acids is 2. The predicted octanol–water partition coefficient (Wildman–Crippen LogP) is 2.20. The third-order valence-electron chi connectivity index (χ3n) is 4.33. The molecular formula is C19H16N4O3. The van der Waals surface area contributed by atoms with Gasteiger partial charge in [0.15, 0.2) is 0 Å². The van der Waals surface area contributed by atoms with Crippen molar-refractivity contribution in [2.24, 2.45) is 5.10 Å². The van der Waals surface area contributed by atoms with Crippen molar-refractivity contribution < 1.29 is 14.7 Å². The van der Waals surface area contributed by atoms with Gasteiger partial charge >= 0.3 is 0 Å². The zero-order valence-electron chi connectivity index (χ0n) is 13.8. The van der Waals surface area contributed by atoms with Gasteiger partial charge in [0.2, 0.25) is 0 Å². The van der Waals surface area contributed by atoms with E-state index in [9.17, 15) is 9.59 Å². The highest BCUT2D eigenvalue weighted by Gasteiger charge is 2.32. The highest BCUT2D eigenvalue weighted by Crippen LogP contribution is 2.34. The van der Waals surface area contributed by atoms with Crippen molar-refractivity contribution in [2.45, 2.75) is 0 Å². The Kier molecular flexibility index (Phi) is 3.98. The van der Waals surface area contributed by atoms with Crippen molar-refractivity contribution in [3.05, 3.63) is 65.5 Å². The Bertz CT molecular complexity index is 1000. The van der Waals surface area contributed by atoms with Gasteiger partial charge in [-0.2, -0.15) is 5.10 Å². The van der Waals surface area contributed by atoms with Crippen LogP contribution >= 0.6 is 0 Å². The molecule has 1 aliphatic rings. The molecule has 0 fully saturated rings. The summed E-state index contributed by atoms with van der Waals surface area (Å²) in [5, 5.41) is 14.7. The minimum atomic E-state index is -0.394. The number of aliphatic hydroxyl groups excluding tert-OH is 1. The lowest BCUT2D eigenvalue weighted by atomic mass is 9.93. The van der Waals surface area contributed by atoms with E-state index < -0.39 is 11.8 Å². The molecule has 7 nitrogen and oxygen atoms in total. The number of β-amino-alcohol motifs (C(OH)–C–C–N with tert-alkyl or cyclic N) is 1. The number of nitrogens with zero attached hydrogens (tertiary/aromatic N) is 2. The second kappa shape index (κ2) is 6.45. The zero-order chi connectivity index (χ0) is 18.1. The van der Waals surface area contributed by atoms with Gasteiger partial charge in [0.1, 0.15) is 0 Å². The second-order valence-electron chi connectivity index (χ2n) is 5.87. The highest BCUT2D eigenvalue weighted by atomic mass is 16.3. The number of aromatic amines is 1. The summed E-state index contributed by atoms with van der Waals surface area (Å²) in [6, 6.07) is 12.5. The van der Waals surface area contributed by atoms with Crippen molar-refractivity contribution in [1.82, 2.24) is 9.88 Å². The standard InChI is InChI=1S/C19H16N4O3/c24-10-9-23-18(25)14-5-1-4-13-16(7-6-15(17(13)14)19(23)26)22-21-11-12-3-2-8-20-12/h1-8,11,20,22,24H,9-10H2/b21-11+. The van der Waals surface area contributed by atoms with Crippen molar-refractivity contribution in [1.29, 1.82) is 0 Å². The van der Waals surface area contributed by atoms with E-state index in [1.807, 2.05) is 18.2 Å². The van der Waals surface area contributed by atoms with E-state index in [2.05, 4.69) is 15.5 Å². The van der Waals surface area contributed by atoms with Gasteiger partial charge in [0.25, 0.3) is 11.8 Å². The first-order valence-electron chi connectivity index (χ1n) is 8.16. The Labute approximate surface area is 148 Å². The van der Waals surface area contributed by atoms with Gasteiger partial charge in [0, 0.05) is 28.1 Å². The summed E-state index contributed by atoms with van der Waals surface area (Å²) < 4.78 is 0. The minimum Gasteiger partial charge on any atom is -0.395 e. The van der Waals surface area contributed by atoms with Gasteiger partial charge in [-0.15, -0.1) is 0 Å². The number of aliphatic hydroxyl groups is 1. The Hall–Kier alpha value is -3.45. The van der Waals surface area contributed by atoms with E-state index >= 15 is 0 Å². The Morgan fingerprint density at radius 1 is 1.08 bits per heavy atom. The lowest BCUT2D eigenvalue weighted by Crippen LogP contribution is -2.41.